The van der Waals surface area contributed by atoms with Crippen molar-refractivity contribution in [3.05, 3.63) is 0 Å². The van der Waals surface area contributed by atoms with E-state index < -0.39 is 0 Å². The summed E-state index contributed by atoms with van der Waals surface area (Å²) in [4.78, 5) is 5.21. The molecule has 0 unspecified atom stereocenters. The predicted octanol–water partition coefficient (Wildman–Crippen LogP) is 3.40. The van der Waals surface area contributed by atoms with Crippen LogP contribution in [0.1, 0.15) is 25.7 Å². The molecule has 2 fully saturated rings. The summed E-state index contributed by atoms with van der Waals surface area (Å²) in [7, 11) is 4.14. The van der Waals surface area contributed by atoms with Gasteiger partial charge in [0.05, 0.1) is 0 Å². The first-order chi connectivity index (χ1) is 7.95. The Bertz CT molecular complexity index is 167. The Kier molecular flexibility index (Phi) is 12.8. The van der Waals surface area contributed by atoms with Crippen molar-refractivity contribution in [3.8, 4) is 0 Å². The van der Waals surface area contributed by atoms with E-state index in [-0.39, 0.29) is 24.8 Å². The van der Waals surface area contributed by atoms with E-state index in [0.29, 0.717) is 0 Å². The molecule has 2 aliphatic heterocycles. The molecule has 0 radical (unpaired) electrons. The lowest BCUT2D eigenvalue weighted by Crippen LogP contribution is -2.22. The predicted molar refractivity (Wildman–Crippen MR) is 90.8 cm³/mol. The molecule has 0 bridgehead atoms. The maximum Gasteiger partial charge on any atom is 0.0165 e. The molecule has 0 atom stereocenters. The van der Waals surface area contributed by atoms with Crippen molar-refractivity contribution >= 4 is 46.4 Å². The van der Waals surface area contributed by atoms with Gasteiger partial charge in [0, 0.05) is 24.6 Å². The van der Waals surface area contributed by atoms with E-state index in [9.17, 15) is 0 Å². The van der Waals surface area contributed by atoms with Gasteiger partial charge in [-0.1, -0.05) is 21.6 Å². The largest absolute Gasteiger partial charge is 0.302 e. The number of hydrogen-bond acceptors (Lipinski definition) is 4. The van der Waals surface area contributed by atoms with Crippen LogP contribution in [0.25, 0.3) is 0 Å². The molecule has 2 aliphatic rings. The normalized spacial score (nSPS) is 20.7. The highest BCUT2D eigenvalue weighted by molar-refractivity contribution is 8.76. The van der Waals surface area contributed by atoms with E-state index in [1.54, 1.807) is 0 Å². The van der Waals surface area contributed by atoms with Crippen LogP contribution in [0, 0.1) is 0 Å². The summed E-state index contributed by atoms with van der Waals surface area (Å²) >= 11 is 0. The van der Waals surface area contributed by atoms with Gasteiger partial charge < -0.3 is 9.80 Å². The van der Waals surface area contributed by atoms with E-state index >= 15 is 0 Å². The summed E-state index contributed by atoms with van der Waals surface area (Å²) < 4.78 is 0. The molecule has 0 N–H and O–H groups in total. The first kappa shape index (κ1) is 19.2. The molecule has 0 aliphatic carbocycles. The molecule has 2 heterocycles. The highest BCUT2D eigenvalue weighted by Crippen LogP contribution is 2.22. The maximum atomic E-state index is 2.61. The van der Waals surface area contributed by atoms with Crippen LogP contribution in [0.3, 0.4) is 0 Å². The summed E-state index contributed by atoms with van der Waals surface area (Å²) in [5, 5.41) is 0. The SMILES string of the molecule is C1CCN(CCSSCCN2CCCC2)C1.Cl.Cl. The van der Waals surface area contributed by atoms with E-state index in [1.165, 1.54) is 76.5 Å². The first-order valence-electron chi connectivity index (χ1n) is 6.64. The number of halogens is 2. The van der Waals surface area contributed by atoms with Crippen LogP contribution in [0.2, 0.25) is 0 Å². The molecule has 0 aromatic carbocycles. The zero-order chi connectivity index (χ0) is 11.1. The molecular weight excluding hydrogens is 307 g/mol. The molecule has 0 aromatic rings. The Morgan fingerprint density at radius 3 is 1.28 bits per heavy atom. The van der Waals surface area contributed by atoms with Crippen LogP contribution in [-0.4, -0.2) is 60.6 Å². The van der Waals surface area contributed by atoms with E-state index in [0.717, 1.165) is 0 Å². The topological polar surface area (TPSA) is 6.48 Å². The molecule has 2 nitrogen and oxygen atoms in total. The zero-order valence-corrected chi connectivity index (χ0v) is 14.3. The minimum atomic E-state index is 0. The van der Waals surface area contributed by atoms with Gasteiger partial charge in [0.15, 0.2) is 0 Å². The first-order valence-corrected chi connectivity index (χ1v) is 9.13. The summed E-state index contributed by atoms with van der Waals surface area (Å²) in [5.41, 5.74) is 0. The Labute approximate surface area is 132 Å². The lowest BCUT2D eigenvalue weighted by molar-refractivity contribution is 0.361. The van der Waals surface area contributed by atoms with Crippen molar-refractivity contribution in [1.29, 1.82) is 0 Å². The van der Waals surface area contributed by atoms with Crippen LogP contribution >= 0.6 is 46.4 Å². The third-order valence-corrected chi connectivity index (χ3v) is 5.83. The maximum absolute atomic E-state index is 2.61. The zero-order valence-electron chi connectivity index (χ0n) is 11.0. The summed E-state index contributed by atoms with van der Waals surface area (Å²) in [6.07, 6.45) is 5.69. The van der Waals surface area contributed by atoms with Crippen molar-refractivity contribution < 1.29 is 0 Å². The van der Waals surface area contributed by atoms with Gasteiger partial charge in [-0.2, -0.15) is 0 Å². The van der Waals surface area contributed by atoms with Gasteiger partial charge in [0.25, 0.3) is 0 Å². The molecule has 0 saturated carbocycles. The molecule has 0 spiro atoms. The van der Waals surface area contributed by atoms with Crippen LogP contribution in [0.15, 0.2) is 0 Å². The molecule has 0 amide bonds. The third kappa shape index (κ3) is 7.71. The minimum absolute atomic E-state index is 0. The van der Waals surface area contributed by atoms with Crippen LogP contribution < -0.4 is 0 Å². The van der Waals surface area contributed by atoms with E-state index in [4.69, 9.17) is 0 Å². The fourth-order valence-electron chi connectivity index (χ4n) is 2.46. The Morgan fingerprint density at radius 2 is 0.944 bits per heavy atom. The third-order valence-electron chi connectivity index (χ3n) is 3.46. The molecule has 6 heteroatoms. The molecule has 2 saturated heterocycles. The smallest absolute Gasteiger partial charge is 0.0165 e. The molecule has 2 rings (SSSR count). The van der Waals surface area contributed by atoms with Gasteiger partial charge in [0.2, 0.25) is 0 Å². The number of nitrogens with zero attached hydrogens (tertiary/aromatic N) is 2. The Balaban J connectivity index is 0.00000144. The summed E-state index contributed by atoms with van der Waals surface area (Å²) in [6.45, 7) is 8.00. The fourth-order valence-corrected chi connectivity index (χ4v) is 4.52. The van der Waals surface area contributed by atoms with Crippen LogP contribution in [0.4, 0.5) is 0 Å². The number of rotatable bonds is 7. The highest BCUT2D eigenvalue weighted by atomic mass is 35.5. The van der Waals surface area contributed by atoms with Crippen molar-refractivity contribution in [2.75, 3.05) is 50.8 Å². The minimum Gasteiger partial charge on any atom is -0.302 e. The Morgan fingerprint density at radius 1 is 0.611 bits per heavy atom. The fraction of sp³-hybridized carbons (Fsp3) is 1.00. The standard InChI is InChI=1S/C12H24N2S2.2ClH/c1-2-6-13(5-1)9-11-15-16-12-10-14-7-3-4-8-14;;/h1-12H2;2*1H. The van der Waals surface area contributed by atoms with Gasteiger partial charge in [-0.25, -0.2) is 0 Å². The Hall–Kier alpha value is 1.20. The van der Waals surface area contributed by atoms with Crippen molar-refractivity contribution in [3.63, 3.8) is 0 Å². The van der Waals surface area contributed by atoms with Crippen molar-refractivity contribution in [2.45, 2.75) is 25.7 Å². The van der Waals surface area contributed by atoms with Crippen LogP contribution in [0.5, 0.6) is 0 Å². The highest BCUT2D eigenvalue weighted by Gasteiger charge is 2.11. The molecule has 0 aromatic heterocycles. The molecule has 110 valence electrons. The van der Waals surface area contributed by atoms with Gasteiger partial charge in [0.1, 0.15) is 0 Å². The number of likely N-dealkylation sites (tertiary alicyclic amines) is 2. The second-order valence-electron chi connectivity index (χ2n) is 4.74. The van der Waals surface area contributed by atoms with Gasteiger partial charge >= 0.3 is 0 Å². The quantitative estimate of drug-likeness (QED) is 0.520. The van der Waals surface area contributed by atoms with E-state index in [1.807, 2.05) is 0 Å². The number of hydrogen-bond donors (Lipinski definition) is 0. The molecular formula is C12H26Cl2N2S2. The second-order valence-corrected chi connectivity index (χ2v) is 7.44. The van der Waals surface area contributed by atoms with Gasteiger partial charge in [-0.3, -0.25) is 0 Å². The second kappa shape index (κ2) is 12.0. The van der Waals surface area contributed by atoms with Crippen LogP contribution in [-0.2, 0) is 0 Å². The van der Waals surface area contributed by atoms with Gasteiger partial charge in [-0.05, 0) is 51.9 Å². The average molecular weight is 333 g/mol. The summed E-state index contributed by atoms with van der Waals surface area (Å²) in [6, 6.07) is 0. The summed E-state index contributed by atoms with van der Waals surface area (Å²) in [5.74, 6) is 2.62. The lowest BCUT2D eigenvalue weighted by atomic mass is 10.4. The van der Waals surface area contributed by atoms with E-state index in [2.05, 4.69) is 31.4 Å². The lowest BCUT2D eigenvalue weighted by Gasteiger charge is -2.15. The van der Waals surface area contributed by atoms with Crippen molar-refractivity contribution in [1.82, 2.24) is 9.80 Å². The van der Waals surface area contributed by atoms with Crippen molar-refractivity contribution in [2.24, 2.45) is 0 Å². The average Bonchev–Trinajstić information content (AvgIpc) is 2.96. The monoisotopic (exact) mass is 332 g/mol. The molecule has 18 heavy (non-hydrogen) atoms. The van der Waals surface area contributed by atoms with Gasteiger partial charge in [-0.15, -0.1) is 24.8 Å².